The molecular weight excluding hydrogens is 250 g/mol. The summed E-state index contributed by atoms with van der Waals surface area (Å²) in [5.41, 5.74) is 1.31. The van der Waals surface area contributed by atoms with Gasteiger partial charge in [-0.05, 0) is 30.0 Å². The molecule has 0 fully saturated rings. The lowest BCUT2D eigenvalue weighted by molar-refractivity contribution is -0.411. The zero-order valence-corrected chi connectivity index (χ0v) is 11.0. The van der Waals surface area contributed by atoms with E-state index in [1.165, 1.54) is 16.5 Å². The normalized spacial score (nSPS) is 10.3. The maximum atomic E-state index is 11.0. The summed E-state index contributed by atoms with van der Waals surface area (Å²) in [4.78, 5) is 16.6. The number of nitrogens with zero attached hydrogens (tertiary/aromatic N) is 2. The summed E-state index contributed by atoms with van der Waals surface area (Å²) in [5.74, 6) is 0.523. The number of aryl methyl sites for hydroxylation is 1. The molecule has 0 aliphatic heterocycles. The van der Waals surface area contributed by atoms with Crippen LogP contribution in [0.5, 0.6) is 0 Å². The third kappa shape index (κ3) is 2.48. The van der Waals surface area contributed by atoms with E-state index in [2.05, 4.69) is 11.1 Å². The van der Waals surface area contributed by atoms with E-state index in [0.717, 1.165) is 0 Å². The SMILES string of the molecule is Cc1ccsc1CN(C)c1[nH+]cccc1[N+](=O)[O-]. The van der Waals surface area contributed by atoms with Gasteiger partial charge in [0.1, 0.15) is 6.54 Å². The largest absolute Gasteiger partial charge is 0.357 e. The predicted molar refractivity (Wildman–Crippen MR) is 70.8 cm³/mol. The molecule has 0 saturated heterocycles. The maximum Gasteiger partial charge on any atom is 0.357 e. The Morgan fingerprint density at radius 2 is 2.28 bits per heavy atom. The minimum Gasteiger partial charge on any atom is -0.258 e. The lowest BCUT2D eigenvalue weighted by Gasteiger charge is -2.10. The van der Waals surface area contributed by atoms with Crippen molar-refractivity contribution in [3.63, 3.8) is 0 Å². The van der Waals surface area contributed by atoms with Crippen LogP contribution in [-0.2, 0) is 6.54 Å². The Hall–Kier alpha value is -1.95. The molecule has 0 amide bonds. The molecule has 2 aromatic rings. The average Bonchev–Trinajstić information content (AvgIpc) is 2.75. The number of H-pyrrole nitrogens is 1. The number of thiophene rings is 1. The number of anilines is 1. The summed E-state index contributed by atoms with van der Waals surface area (Å²) >= 11 is 1.66. The van der Waals surface area contributed by atoms with E-state index in [9.17, 15) is 10.1 Å². The van der Waals surface area contributed by atoms with Crippen molar-refractivity contribution in [2.24, 2.45) is 0 Å². The molecule has 6 heteroatoms. The number of pyridine rings is 1. The Kier molecular flexibility index (Phi) is 3.57. The molecule has 0 aliphatic carbocycles. The second-order valence-corrected chi connectivity index (χ2v) is 5.04. The molecule has 0 radical (unpaired) electrons. The fraction of sp³-hybridized carbons (Fsp3) is 0.250. The molecule has 2 rings (SSSR count). The van der Waals surface area contributed by atoms with E-state index in [1.807, 2.05) is 24.3 Å². The first-order chi connectivity index (χ1) is 8.59. The third-order valence-electron chi connectivity index (χ3n) is 2.74. The van der Waals surface area contributed by atoms with Crippen LogP contribution in [0.4, 0.5) is 11.5 Å². The number of rotatable bonds is 4. The number of nitrogens with one attached hydrogen (secondary N) is 1. The summed E-state index contributed by atoms with van der Waals surface area (Å²) in [6.45, 7) is 2.70. The zero-order chi connectivity index (χ0) is 13.1. The average molecular weight is 264 g/mol. The van der Waals surface area contributed by atoms with Gasteiger partial charge in [-0.3, -0.25) is 15.0 Å². The van der Waals surface area contributed by atoms with Gasteiger partial charge in [0.25, 0.3) is 0 Å². The van der Waals surface area contributed by atoms with Crippen LogP contribution in [-0.4, -0.2) is 12.0 Å². The first-order valence-electron chi connectivity index (χ1n) is 5.49. The summed E-state index contributed by atoms with van der Waals surface area (Å²) in [6, 6.07) is 5.19. The smallest absolute Gasteiger partial charge is 0.258 e. The maximum absolute atomic E-state index is 11.0. The van der Waals surface area contributed by atoms with E-state index < -0.39 is 0 Å². The highest BCUT2D eigenvalue weighted by Crippen LogP contribution is 2.24. The molecule has 0 aliphatic rings. The van der Waals surface area contributed by atoms with Crippen LogP contribution >= 0.6 is 11.3 Å². The second kappa shape index (κ2) is 5.14. The fourth-order valence-electron chi connectivity index (χ4n) is 1.73. The number of hydrogen-bond donors (Lipinski definition) is 0. The van der Waals surface area contributed by atoms with Crippen molar-refractivity contribution in [3.05, 3.63) is 50.3 Å². The van der Waals surface area contributed by atoms with Crippen molar-refractivity contribution in [1.29, 1.82) is 0 Å². The van der Waals surface area contributed by atoms with Gasteiger partial charge in [0.2, 0.25) is 0 Å². The standard InChI is InChI=1S/C12H13N3O2S/c1-9-5-7-18-11(9)8-14(2)12-10(15(16)17)4-3-6-13-12/h3-7H,8H2,1-2H3/p+1. The van der Waals surface area contributed by atoms with Gasteiger partial charge < -0.3 is 0 Å². The van der Waals surface area contributed by atoms with Crippen molar-refractivity contribution < 1.29 is 9.91 Å². The molecule has 18 heavy (non-hydrogen) atoms. The van der Waals surface area contributed by atoms with Gasteiger partial charge in [-0.25, -0.2) is 4.98 Å². The minimum absolute atomic E-state index is 0.0919. The van der Waals surface area contributed by atoms with Crippen molar-refractivity contribution in [1.82, 2.24) is 0 Å². The lowest BCUT2D eigenvalue weighted by atomic mass is 10.3. The summed E-state index contributed by atoms with van der Waals surface area (Å²) in [5, 5.41) is 13.0. The molecule has 2 aromatic heterocycles. The molecule has 0 saturated carbocycles. The number of aromatic nitrogens is 1. The van der Waals surface area contributed by atoms with Crippen LogP contribution in [0.3, 0.4) is 0 Å². The molecule has 0 unspecified atom stereocenters. The van der Waals surface area contributed by atoms with Gasteiger partial charge in [0, 0.05) is 10.9 Å². The molecule has 1 N–H and O–H groups in total. The Morgan fingerprint density at radius 3 is 2.89 bits per heavy atom. The van der Waals surface area contributed by atoms with Crippen LogP contribution < -0.4 is 9.88 Å². The zero-order valence-electron chi connectivity index (χ0n) is 10.2. The minimum atomic E-state index is -0.371. The van der Waals surface area contributed by atoms with Gasteiger partial charge >= 0.3 is 11.5 Å². The first-order valence-corrected chi connectivity index (χ1v) is 6.36. The van der Waals surface area contributed by atoms with Gasteiger partial charge in [-0.1, -0.05) is 0 Å². The Bertz CT molecular complexity index is 568. The Morgan fingerprint density at radius 1 is 1.50 bits per heavy atom. The van der Waals surface area contributed by atoms with Gasteiger partial charge in [0.15, 0.2) is 0 Å². The molecule has 0 spiro atoms. The topological polar surface area (TPSA) is 60.5 Å². The quantitative estimate of drug-likeness (QED) is 0.629. The highest BCUT2D eigenvalue weighted by molar-refractivity contribution is 7.10. The highest BCUT2D eigenvalue weighted by atomic mass is 32.1. The molecule has 0 atom stereocenters. The number of aromatic amines is 1. The van der Waals surface area contributed by atoms with Crippen LogP contribution in [0.25, 0.3) is 0 Å². The molecule has 0 bridgehead atoms. The van der Waals surface area contributed by atoms with Crippen LogP contribution in [0.15, 0.2) is 29.8 Å². The number of nitro groups is 1. The number of hydrogen-bond acceptors (Lipinski definition) is 4. The van der Waals surface area contributed by atoms with Crippen molar-refractivity contribution in [3.8, 4) is 0 Å². The third-order valence-corrected chi connectivity index (χ3v) is 3.75. The molecule has 2 heterocycles. The van der Waals surface area contributed by atoms with Gasteiger partial charge in [-0.2, -0.15) is 0 Å². The molecular formula is C12H14N3O2S+. The van der Waals surface area contributed by atoms with E-state index in [0.29, 0.717) is 12.4 Å². The summed E-state index contributed by atoms with van der Waals surface area (Å²) in [7, 11) is 1.85. The van der Waals surface area contributed by atoms with Crippen LogP contribution in [0, 0.1) is 17.0 Å². The van der Waals surface area contributed by atoms with Gasteiger partial charge in [0.05, 0.1) is 18.2 Å². The van der Waals surface area contributed by atoms with Crippen molar-refractivity contribution in [2.45, 2.75) is 13.5 Å². The summed E-state index contributed by atoms with van der Waals surface area (Å²) in [6.07, 6.45) is 1.69. The lowest BCUT2D eigenvalue weighted by Crippen LogP contribution is -2.25. The van der Waals surface area contributed by atoms with E-state index in [4.69, 9.17) is 0 Å². The Balaban J connectivity index is 2.26. The van der Waals surface area contributed by atoms with Crippen LogP contribution in [0.2, 0.25) is 0 Å². The van der Waals surface area contributed by atoms with Crippen LogP contribution in [0.1, 0.15) is 10.4 Å². The van der Waals surface area contributed by atoms with E-state index >= 15 is 0 Å². The highest BCUT2D eigenvalue weighted by Gasteiger charge is 2.25. The Labute approximate surface area is 109 Å². The molecule has 94 valence electrons. The molecule has 0 aromatic carbocycles. The van der Waals surface area contributed by atoms with Crippen molar-refractivity contribution >= 4 is 22.8 Å². The fourth-order valence-corrected chi connectivity index (χ4v) is 2.69. The first kappa shape index (κ1) is 12.5. The summed E-state index contributed by atoms with van der Waals surface area (Å²) < 4.78 is 0. The second-order valence-electron chi connectivity index (χ2n) is 4.04. The van der Waals surface area contributed by atoms with E-state index in [-0.39, 0.29) is 10.6 Å². The van der Waals surface area contributed by atoms with Crippen molar-refractivity contribution in [2.75, 3.05) is 11.9 Å². The predicted octanol–water partition coefficient (Wildman–Crippen LogP) is 2.42. The van der Waals surface area contributed by atoms with Gasteiger partial charge in [-0.15, -0.1) is 11.3 Å². The molecule has 5 nitrogen and oxygen atoms in total. The van der Waals surface area contributed by atoms with E-state index in [1.54, 1.807) is 23.6 Å². The monoisotopic (exact) mass is 264 g/mol.